The van der Waals surface area contributed by atoms with E-state index in [1.165, 1.54) is 12.0 Å². The molecule has 0 aliphatic heterocycles. The standard InChI is InChI=1S/C13H18O.C3H8O.C2H6/c1-3-4-5-6-13(14)12-9-7-11(2)8-10-12;1-3-4-2;1-2/h7-10H,3-6H2,1-2H3;3H2,1-2H3;1-2H3. The number of methoxy groups -OCH3 is 1. The second-order valence-corrected chi connectivity index (χ2v) is 4.32. The maximum absolute atomic E-state index is 11.6. The molecule has 0 spiro atoms. The summed E-state index contributed by atoms with van der Waals surface area (Å²) >= 11 is 0. The number of carbonyl (C=O) groups excluding carboxylic acids is 1. The van der Waals surface area contributed by atoms with Crippen LogP contribution in [0.4, 0.5) is 0 Å². The highest BCUT2D eigenvalue weighted by Gasteiger charge is 2.03. The summed E-state index contributed by atoms with van der Waals surface area (Å²) in [5.74, 6) is 0.276. The SMILES string of the molecule is CC.CCCCCC(=O)c1ccc(C)cc1.CCOC. The average molecular weight is 280 g/mol. The minimum Gasteiger partial charge on any atom is -0.385 e. The zero-order valence-electron chi connectivity index (χ0n) is 14.2. The molecule has 2 heteroatoms. The lowest BCUT2D eigenvalue weighted by Crippen LogP contribution is -1.98. The molecule has 1 rings (SSSR count). The van der Waals surface area contributed by atoms with Crippen LogP contribution in [0.1, 0.15) is 69.3 Å². The summed E-state index contributed by atoms with van der Waals surface area (Å²) in [5, 5.41) is 0. The summed E-state index contributed by atoms with van der Waals surface area (Å²) in [6.45, 7) is 11.0. The van der Waals surface area contributed by atoms with Crippen LogP contribution in [0.15, 0.2) is 24.3 Å². The molecule has 1 aromatic rings. The van der Waals surface area contributed by atoms with Crippen LogP contribution in [0.2, 0.25) is 0 Å². The molecule has 0 saturated carbocycles. The van der Waals surface area contributed by atoms with E-state index in [0.717, 1.165) is 25.0 Å². The Balaban J connectivity index is 0. The van der Waals surface area contributed by atoms with Gasteiger partial charge < -0.3 is 4.74 Å². The van der Waals surface area contributed by atoms with Crippen molar-refractivity contribution in [3.63, 3.8) is 0 Å². The molecule has 0 N–H and O–H groups in total. The summed E-state index contributed by atoms with van der Waals surface area (Å²) in [6.07, 6.45) is 4.03. The zero-order valence-corrected chi connectivity index (χ0v) is 14.2. The largest absolute Gasteiger partial charge is 0.385 e. The van der Waals surface area contributed by atoms with Crippen molar-refractivity contribution in [1.29, 1.82) is 0 Å². The van der Waals surface area contributed by atoms with Crippen LogP contribution in [0.5, 0.6) is 0 Å². The second-order valence-electron chi connectivity index (χ2n) is 4.32. The number of aryl methyl sites for hydroxylation is 1. The number of unbranched alkanes of at least 4 members (excludes halogenated alkanes) is 2. The molecule has 0 saturated heterocycles. The van der Waals surface area contributed by atoms with Gasteiger partial charge in [0.25, 0.3) is 0 Å². The highest BCUT2D eigenvalue weighted by Crippen LogP contribution is 2.09. The van der Waals surface area contributed by atoms with Crippen molar-refractivity contribution in [3.05, 3.63) is 35.4 Å². The molecule has 0 bridgehead atoms. The minimum atomic E-state index is 0.276. The summed E-state index contributed by atoms with van der Waals surface area (Å²) in [7, 11) is 1.68. The number of ether oxygens (including phenoxy) is 1. The van der Waals surface area contributed by atoms with E-state index in [4.69, 9.17) is 0 Å². The Labute approximate surface area is 125 Å². The van der Waals surface area contributed by atoms with Crippen LogP contribution in [0.25, 0.3) is 0 Å². The van der Waals surface area contributed by atoms with Gasteiger partial charge in [-0.25, -0.2) is 0 Å². The van der Waals surface area contributed by atoms with Crippen LogP contribution in [0, 0.1) is 6.92 Å². The number of hydrogen-bond donors (Lipinski definition) is 0. The molecule has 0 aromatic heterocycles. The van der Waals surface area contributed by atoms with Gasteiger partial charge in [-0.15, -0.1) is 0 Å². The third-order valence-electron chi connectivity index (χ3n) is 2.67. The predicted octanol–water partition coefficient (Wildman–Crippen LogP) is 5.44. The van der Waals surface area contributed by atoms with Crippen molar-refractivity contribution in [2.45, 2.75) is 60.3 Å². The fourth-order valence-electron chi connectivity index (χ4n) is 1.42. The molecule has 0 aliphatic carbocycles. The first-order valence-corrected chi connectivity index (χ1v) is 7.74. The van der Waals surface area contributed by atoms with Gasteiger partial charge in [0.15, 0.2) is 5.78 Å². The highest BCUT2D eigenvalue weighted by atomic mass is 16.5. The molecule has 0 atom stereocenters. The number of benzene rings is 1. The first-order chi connectivity index (χ1) is 9.65. The first kappa shape index (κ1) is 21.2. The van der Waals surface area contributed by atoms with Gasteiger partial charge in [0.1, 0.15) is 0 Å². The molecular weight excluding hydrogens is 248 g/mol. The number of hydrogen-bond acceptors (Lipinski definition) is 2. The zero-order chi connectivity index (χ0) is 15.8. The van der Waals surface area contributed by atoms with Crippen LogP contribution < -0.4 is 0 Å². The predicted molar refractivity (Wildman–Crippen MR) is 88.5 cm³/mol. The summed E-state index contributed by atoms with van der Waals surface area (Å²) in [5.41, 5.74) is 2.06. The van der Waals surface area contributed by atoms with Crippen molar-refractivity contribution in [1.82, 2.24) is 0 Å². The average Bonchev–Trinajstić information content (AvgIpc) is 2.50. The van der Waals surface area contributed by atoms with E-state index in [9.17, 15) is 4.79 Å². The third kappa shape index (κ3) is 11.9. The van der Waals surface area contributed by atoms with Gasteiger partial charge in [0.05, 0.1) is 0 Å². The minimum absolute atomic E-state index is 0.276. The first-order valence-electron chi connectivity index (χ1n) is 7.74. The van der Waals surface area contributed by atoms with Crippen LogP contribution >= 0.6 is 0 Å². The van der Waals surface area contributed by atoms with E-state index in [2.05, 4.69) is 11.7 Å². The monoisotopic (exact) mass is 280 g/mol. The quantitative estimate of drug-likeness (QED) is 0.512. The van der Waals surface area contributed by atoms with Gasteiger partial charge in [0.2, 0.25) is 0 Å². The molecule has 0 radical (unpaired) electrons. The van der Waals surface area contributed by atoms with E-state index < -0.39 is 0 Å². The Morgan fingerprint density at radius 2 is 1.55 bits per heavy atom. The Kier molecular flexibility index (Phi) is 16.8. The van der Waals surface area contributed by atoms with Gasteiger partial charge in [-0.05, 0) is 20.3 Å². The van der Waals surface area contributed by atoms with Crippen molar-refractivity contribution in [3.8, 4) is 0 Å². The van der Waals surface area contributed by atoms with Crippen molar-refractivity contribution < 1.29 is 9.53 Å². The van der Waals surface area contributed by atoms with Crippen LogP contribution in [0.3, 0.4) is 0 Å². The molecule has 2 nitrogen and oxygen atoms in total. The summed E-state index contributed by atoms with van der Waals surface area (Å²) < 4.78 is 4.54. The molecule has 1 aromatic carbocycles. The van der Waals surface area contributed by atoms with E-state index in [1.807, 2.05) is 52.0 Å². The molecule has 0 aliphatic rings. The van der Waals surface area contributed by atoms with Gasteiger partial charge in [-0.3, -0.25) is 4.79 Å². The molecular formula is C18H32O2. The van der Waals surface area contributed by atoms with Gasteiger partial charge in [-0.1, -0.05) is 63.4 Å². The van der Waals surface area contributed by atoms with Gasteiger partial charge in [-0.2, -0.15) is 0 Å². The fraction of sp³-hybridized carbons (Fsp3) is 0.611. The number of Topliss-reactive ketones (excluding diaryl/α,β-unsaturated/α-hetero) is 1. The summed E-state index contributed by atoms with van der Waals surface area (Å²) in [6, 6.07) is 7.83. The van der Waals surface area contributed by atoms with E-state index >= 15 is 0 Å². The van der Waals surface area contributed by atoms with Crippen molar-refractivity contribution in [2.75, 3.05) is 13.7 Å². The molecule has 0 amide bonds. The lowest BCUT2D eigenvalue weighted by atomic mass is 10.0. The van der Waals surface area contributed by atoms with Crippen LogP contribution in [-0.2, 0) is 4.74 Å². The third-order valence-corrected chi connectivity index (χ3v) is 2.67. The Hall–Kier alpha value is -1.15. The normalized spacial score (nSPS) is 8.90. The van der Waals surface area contributed by atoms with Gasteiger partial charge in [0, 0.05) is 25.7 Å². The molecule has 0 unspecified atom stereocenters. The molecule has 0 heterocycles. The smallest absolute Gasteiger partial charge is 0.162 e. The summed E-state index contributed by atoms with van der Waals surface area (Å²) in [4.78, 5) is 11.6. The fourth-order valence-corrected chi connectivity index (χ4v) is 1.42. The van der Waals surface area contributed by atoms with Crippen molar-refractivity contribution >= 4 is 5.78 Å². The Bertz CT molecular complexity index is 313. The number of carbonyl (C=O) groups is 1. The lowest BCUT2D eigenvalue weighted by Gasteiger charge is -2.00. The second kappa shape index (κ2) is 15.9. The van der Waals surface area contributed by atoms with E-state index in [-0.39, 0.29) is 5.78 Å². The maximum Gasteiger partial charge on any atom is 0.162 e. The van der Waals surface area contributed by atoms with E-state index in [1.54, 1.807) is 7.11 Å². The number of rotatable bonds is 6. The lowest BCUT2D eigenvalue weighted by molar-refractivity contribution is 0.0979. The maximum atomic E-state index is 11.6. The molecule has 116 valence electrons. The number of ketones is 1. The van der Waals surface area contributed by atoms with E-state index in [0.29, 0.717) is 6.42 Å². The van der Waals surface area contributed by atoms with Gasteiger partial charge >= 0.3 is 0 Å². The molecule has 20 heavy (non-hydrogen) atoms. The molecule has 0 fully saturated rings. The topological polar surface area (TPSA) is 26.3 Å². The Morgan fingerprint density at radius 1 is 1.05 bits per heavy atom. The van der Waals surface area contributed by atoms with Crippen LogP contribution in [-0.4, -0.2) is 19.5 Å². The highest BCUT2D eigenvalue weighted by molar-refractivity contribution is 5.96. The van der Waals surface area contributed by atoms with Crippen molar-refractivity contribution in [2.24, 2.45) is 0 Å². The Morgan fingerprint density at radius 3 is 1.95 bits per heavy atom.